The monoisotopic (exact) mass is 579 g/mol. The zero-order chi connectivity index (χ0) is 24.4. The van der Waals surface area contributed by atoms with Crippen LogP contribution in [0.25, 0.3) is 11.3 Å². The number of halogens is 4. The van der Waals surface area contributed by atoms with Crippen LogP contribution < -0.4 is 5.32 Å². The number of aryl methyl sites for hydroxylation is 1. The third-order valence-electron chi connectivity index (χ3n) is 6.25. The van der Waals surface area contributed by atoms with E-state index in [0.29, 0.717) is 27.5 Å². The van der Waals surface area contributed by atoms with Crippen LogP contribution >= 0.6 is 22.6 Å². The van der Waals surface area contributed by atoms with Crippen molar-refractivity contribution in [2.75, 3.05) is 5.32 Å². The molecule has 1 aliphatic rings. The maximum absolute atomic E-state index is 14.6. The molecule has 1 saturated carbocycles. The van der Waals surface area contributed by atoms with Crippen LogP contribution in [0.15, 0.2) is 42.7 Å². The first kappa shape index (κ1) is 24.6. The van der Waals surface area contributed by atoms with E-state index in [1.54, 1.807) is 19.3 Å². The third-order valence-corrected chi connectivity index (χ3v) is 7.27. The maximum Gasteiger partial charge on any atom is 0.274 e. The molecule has 2 unspecified atom stereocenters. The van der Waals surface area contributed by atoms with Crippen LogP contribution in [0.3, 0.4) is 0 Å². The Kier molecular flexibility index (Phi) is 7.54. The maximum atomic E-state index is 14.6. The second-order valence-corrected chi connectivity index (χ2v) is 10.6. The Morgan fingerprint density at radius 3 is 2.50 bits per heavy atom. The SMILES string of the molecule is CCc1cc(F)c(-c2nc(C(=O)Nc3cnccc3C3CC(I)C[C@@H](C)C3)ccc2F)c(F)c1. The molecular formula is C26H25F3IN3O. The van der Waals surface area contributed by atoms with Gasteiger partial charge < -0.3 is 5.32 Å². The van der Waals surface area contributed by atoms with Gasteiger partial charge in [-0.2, -0.15) is 0 Å². The number of hydrogen-bond donors (Lipinski definition) is 1. The van der Waals surface area contributed by atoms with Gasteiger partial charge in [-0.25, -0.2) is 18.2 Å². The molecule has 2 heterocycles. The van der Waals surface area contributed by atoms with Gasteiger partial charge in [-0.15, -0.1) is 0 Å². The molecule has 34 heavy (non-hydrogen) atoms. The summed E-state index contributed by atoms with van der Waals surface area (Å²) in [6, 6.07) is 6.41. The number of hydrogen-bond acceptors (Lipinski definition) is 3. The van der Waals surface area contributed by atoms with Crippen LogP contribution in [0.4, 0.5) is 18.9 Å². The molecule has 178 valence electrons. The van der Waals surface area contributed by atoms with Crippen LogP contribution in [0, 0.1) is 23.4 Å². The van der Waals surface area contributed by atoms with Crippen molar-refractivity contribution >= 4 is 34.2 Å². The lowest BCUT2D eigenvalue weighted by Crippen LogP contribution is -2.22. The predicted molar refractivity (Wildman–Crippen MR) is 135 cm³/mol. The number of pyridine rings is 2. The molecule has 0 saturated heterocycles. The van der Waals surface area contributed by atoms with Gasteiger partial charge in [0.1, 0.15) is 28.8 Å². The second kappa shape index (κ2) is 10.4. The Morgan fingerprint density at radius 1 is 1.09 bits per heavy atom. The number of alkyl halides is 1. The Labute approximate surface area is 210 Å². The largest absolute Gasteiger partial charge is 0.319 e. The van der Waals surface area contributed by atoms with E-state index in [1.165, 1.54) is 12.5 Å². The second-order valence-electron chi connectivity index (χ2n) is 8.84. The van der Waals surface area contributed by atoms with Crippen molar-refractivity contribution in [3.05, 3.63) is 77.0 Å². The molecule has 1 fully saturated rings. The standard InChI is InChI=1S/C26H25F3IN3O/c1-3-15-10-20(28)24(21(29)11-15)25-19(27)4-5-22(32-25)26(34)33-23-13-31-7-6-18(23)16-8-14(2)9-17(30)12-16/h4-7,10-11,13-14,16-17H,3,8-9,12H2,1-2H3,(H,33,34)/t14-,16?,17?/m0/s1. The highest BCUT2D eigenvalue weighted by molar-refractivity contribution is 14.1. The number of rotatable bonds is 5. The Morgan fingerprint density at radius 2 is 1.82 bits per heavy atom. The van der Waals surface area contributed by atoms with Gasteiger partial charge >= 0.3 is 0 Å². The summed E-state index contributed by atoms with van der Waals surface area (Å²) >= 11 is 2.47. The van der Waals surface area contributed by atoms with Gasteiger partial charge in [0.05, 0.1) is 17.4 Å². The molecule has 1 aliphatic carbocycles. The number of nitrogens with zero attached hydrogens (tertiary/aromatic N) is 2. The predicted octanol–water partition coefficient (Wildman–Crippen LogP) is 7.08. The average molecular weight is 579 g/mol. The lowest BCUT2D eigenvalue weighted by Gasteiger charge is -2.31. The Balaban J connectivity index is 1.64. The van der Waals surface area contributed by atoms with E-state index in [4.69, 9.17) is 0 Å². The van der Waals surface area contributed by atoms with Crippen molar-refractivity contribution in [1.29, 1.82) is 0 Å². The number of anilines is 1. The summed E-state index contributed by atoms with van der Waals surface area (Å²) in [7, 11) is 0. The quantitative estimate of drug-likeness (QED) is 0.260. The summed E-state index contributed by atoms with van der Waals surface area (Å²) in [4.78, 5) is 21.2. The molecule has 1 N–H and O–H groups in total. The lowest BCUT2D eigenvalue weighted by atomic mass is 9.78. The van der Waals surface area contributed by atoms with E-state index in [9.17, 15) is 18.0 Å². The smallest absolute Gasteiger partial charge is 0.274 e. The Bertz CT molecular complexity index is 1190. The van der Waals surface area contributed by atoms with Crippen molar-refractivity contribution in [3.8, 4) is 11.3 Å². The van der Waals surface area contributed by atoms with Crippen LogP contribution in [0.1, 0.15) is 60.6 Å². The fraction of sp³-hybridized carbons (Fsp3) is 0.346. The van der Waals surface area contributed by atoms with Crippen LogP contribution in [0.2, 0.25) is 0 Å². The van der Waals surface area contributed by atoms with Crippen LogP contribution in [-0.4, -0.2) is 19.8 Å². The van der Waals surface area contributed by atoms with Gasteiger partial charge in [0.15, 0.2) is 0 Å². The highest BCUT2D eigenvalue weighted by atomic mass is 127. The normalized spacial score (nSPS) is 20.2. The minimum Gasteiger partial charge on any atom is -0.319 e. The molecule has 0 bridgehead atoms. The van der Waals surface area contributed by atoms with Gasteiger partial charge in [0, 0.05) is 10.1 Å². The van der Waals surface area contributed by atoms with E-state index < -0.39 is 34.6 Å². The summed E-state index contributed by atoms with van der Waals surface area (Å²) in [6.45, 7) is 3.99. The number of carbonyl (C=O) groups is 1. The molecule has 0 aliphatic heterocycles. The zero-order valence-corrected chi connectivity index (χ0v) is 21.1. The fourth-order valence-corrected chi connectivity index (χ4v) is 6.11. The highest BCUT2D eigenvalue weighted by Gasteiger charge is 2.28. The van der Waals surface area contributed by atoms with Crippen molar-refractivity contribution in [2.45, 2.75) is 49.4 Å². The molecular weight excluding hydrogens is 554 g/mol. The van der Waals surface area contributed by atoms with Gasteiger partial charge in [-0.05, 0) is 79.0 Å². The molecule has 3 aromatic rings. The topological polar surface area (TPSA) is 54.9 Å². The molecule has 1 aromatic carbocycles. The first-order valence-electron chi connectivity index (χ1n) is 11.3. The molecule has 3 atom stereocenters. The van der Waals surface area contributed by atoms with Gasteiger partial charge in [-0.1, -0.05) is 36.4 Å². The van der Waals surface area contributed by atoms with Gasteiger partial charge in [0.25, 0.3) is 5.91 Å². The van der Waals surface area contributed by atoms with E-state index in [1.807, 2.05) is 6.07 Å². The van der Waals surface area contributed by atoms with Crippen LogP contribution in [-0.2, 0) is 6.42 Å². The number of aromatic nitrogens is 2. The van der Waals surface area contributed by atoms with Crippen molar-refractivity contribution in [2.24, 2.45) is 5.92 Å². The third kappa shape index (κ3) is 5.26. The number of amides is 1. The molecule has 2 aromatic heterocycles. The van der Waals surface area contributed by atoms with Crippen LogP contribution in [0.5, 0.6) is 0 Å². The summed E-state index contributed by atoms with van der Waals surface area (Å²) in [5, 5.41) is 2.82. The van der Waals surface area contributed by atoms with Gasteiger partial charge in [-0.3, -0.25) is 9.78 Å². The first-order valence-corrected chi connectivity index (χ1v) is 12.6. The van der Waals surface area contributed by atoms with Crippen molar-refractivity contribution < 1.29 is 18.0 Å². The molecule has 4 nitrogen and oxygen atoms in total. The number of nitrogens with one attached hydrogen (secondary N) is 1. The number of carbonyl (C=O) groups excluding carboxylic acids is 1. The van der Waals surface area contributed by atoms with E-state index in [-0.39, 0.29) is 11.6 Å². The summed E-state index contributed by atoms with van der Waals surface area (Å²) in [5.74, 6) is -2.50. The van der Waals surface area contributed by atoms with E-state index >= 15 is 0 Å². The van der Waals surface area contributed by atoms with E-state index in [2.05, 4.69) is 44.8 Å². The molecule has 4 rings (SSSR count). The van der Waals surface area contributed by atoms with E-state index in [0.717, 1.165) is 36.6 Å². The average Bonchev–Trinajstić information content (AvgIpc) is 2.79. The summed E-state index contributed by atoms with van der Waals surface area (Å²) < 4.78 is 44.3. The molecule has 1 amide bonds. The van der Waals surface area contributed by atoms with Gasteiger partial charge in [0.2, 0.25) is 0 Å². The number of benzene rings is 1. The highest BCUT2D eigenvalue weighted by Crippen LogP contribution is 2.41. The summed E-state index contributed by atoms with van der Waals surface area (Å²) in [5.41, 5.74) is 0.733. The zero-order valence-electron chi connectivity index (χ0n) is 18.9. The summed E-state index contributed by atoms with van der Waals surface area (Å²) in [6.07, 6.45) is 6.89. The minimum absolute atomic E-state index is 0.145. The molecule has 0 radical (unpaired) electrons. The lowest BCUT2D eigenvalue weighted by molar-refractivity contribution is 0.102. The molecule has 0 spiro atoms. The first-order chi connectivity index (χ1) is 16.3. The minimum atomic E-state index is -0.921. The Hall–Kier alpha value is -2.49. The van der Waals surface area contributed by atoms with Crippen molar-refractivity contribution in [1.82, 2.24) is 9.97 Å². The van der Waals surface area contributed by atoms with Crippen molar-refractivity contribution in [3.63, 3.8) is 0 Å². The fourth-order valence-electron chi connectivity index (χ4n) is 4.63. The molecule has 8 heteroatoms.